The van der Waals surface area contributed by atoms with Gasteiger partial charge in [-0.15, -0.1) is 0 Å². The number of benzene rings is 2. The van der Waals surface area contributed by atoms with Crippen LogP contribution in [0.15, 0.2) is 42.5 Å². The molecule has 2 rings (SSSR count). The summed E-state index contributed by atoms with van der Waals surface area (Å²) in [5.74, 6) is -0.517. The van der Waals surface area contributed by atoms with E-state index in [2.05, 4.69) is 5.32 Å². The zero-order chi connectivity index (χ0) is 26.9. The van der Waals surface area contributed by atoms with Gasteiger partial charge >= 0.3 is 0 Å². The summed E-state index contributed by atoms with van der Waals surface area (Å²) in [7, 11) is -3.55. The molecule has 10 heteroatoms. The number of carbonyl (C=O) groups excluding carboxylic acids is 2. The fourth-order valence-corrected chi connectivity index (χ4v) is 5.27. The number of amides is 2. The third-order valence-electron chi connectivity index (χ3n) is 5.89. The summed E-state index contributed by atoms with van der Waals surface area (Å²) < 4.78 is 26.3. The lowest BCUT2D eigenvalue weighted by molar-refractivity contribution is -0.140. The fourth-order valence-electron chi connectivity index (χ4n) is 3.78. The van der Waals surface area contributed by atoms with Gasteiger partial charge in [0, 0.05) is 36.1 Å². The van der Waals surface area contributed by atoms with Gasteiger partial charge in [-0.1, -0.05) is 60.8 Å². The summed E-state index contributed by atoms with van der Waals surface area (Å²) in [5.41, 5.74) is 2.08. The van der Waals surface area contributed by atoms with Crippen molar-refractivity contribution in [1.82, 2.24) is 10.2 Å². The first kappa shape index (κ1) is 29.9. The summed E-state index contributed by atoms with van der Waals surface area (Å²) in [6.07, 6.45) is 3.29. The van der Waals surface area contributed by atoms with Crippen LogP contribution in [0.1, 0.15) is 50.7 Å². The number of para-hydroxylation sites is 1. The highest BCUT2D eigenvalue weighted by Crippen LogP contribution is 2.25. The molecule has 0 aliphatic carbocycles. The molecule has 2 amide bonds. The van der Waals surface area contributed by atoms with E-state index in [4.69, 9.17) is 23.2 Å². The highest BCUT2D eigenvalue weighted by Gasteiger charge is 2.27. The van der Waals surface area contributed by atoms with Gasteiger partial charge in [0.2, 0.25) is 21.8 Å². The number of aryl methyl sites for hydroxylation is 1. The monoisotopic (exact) mass is 555 g/mol. The van der Waals surface area contributed by atoms with Crippen LogP contribution in [0.4, 0.5) is 5.69 Å². The van der Waals surface area contributed by atoms with Crippen molar-refractivity contribution >= 4 is 50.7 Å². The number of nitrogens with zero attached hydrogens (tertiary/aromatic N) is 2. The number of rotatable bonds is 13. The van der Waals surface area contributed by atoms with Crippen LogP contribution in [0.25, 0.3) is 0 Å². The van der Waals surface area contributed by atoms with Gasteiger partial charge in [0.05, 0.1) is 11.9 Å². The molecule has 0 spiro atoms. The maximum Gasteiger partial charge on any atom is 0.242 e. The Hall–Kier alpha value is -2.29. The van der Waals surface area contributed by atoms with Gasteiger partial charge in [0.1, 0.15) is 6.04 Å². The van der Waals surface area contributed by atoms with Gasteiger partial charge < -0.3 is 10.2 Å². The van der Waals surface area contributed by atoms with E-state index in [1.54, 1.807) is 37.3 Å². The lowest BCUT2D eigenvalue weighted by atomic mass is 10.1. The minimum absolute atomic E-state index is 0.0652. The van der Waals surface area contributed by atoms with E-state index in [-0.39, 0.29) is 37.7 Å². The third-order valence-corrected chi connectivity index (χ3v) is 7.66. The van der Waals surface area contributed by atoms with E-state index in [1.807, 2.05) is 26.0 Å². The summed E-state index contributed by atoms with van der Waals surface area (Å²) in [6, 6.07) is 11.5. The molecule has 36 heavy (non-hydrogen) atoms. The normalized spacial score (nSPS) is 12.2. The molecule has 2 aromatic rings. The predicted molar refractivity (Wildman–Crippen MR) is 147 cm³/mol. The highest BCUT2D eigenvalue weighted by molar-refractivity contribution is 7.92. The number of nitrogens with one attached hydrogen (secondary N) is 1. The zero-order valence-electron chi connectivity index (χ0n) is 21.3. The van der Waals surface area contributed by atoms with Crippen molar-refractivity contribution < 1.29 is 18.0 Å². The standard InChI is InChI=1S/C26H35Cl2N3O4S/c1-5-6-15-29-26(33)20(3)30(18-21-13-14-22(27)17-23(21)28)25(32)12-9-16-31(36(4,34)35)24-11-8-7-10-19(24)2/h7-8,10-11,13-14,17,20H,5-6,9,12,15-16,18H2,1-4H3,(H,29,33)/t20-/m1/s1. The lowest BCUT2D eigenvalue weighted by Gasteiger charge is -2.30. The molecule has 1 N–H and O–H groups in total. The SMILES string of the molecule is CCCCNC(=O)[C@@H](C)N(Cc1ccc(Cl)cc1Cl)C(=O)CCCN(c1ccccc1C)S(C)(=O)=O. The number of unbranched alkanes of at least 4 members (excludes halogenated alkanes) is 1. The van der Waals surface area contributed by atoms with Crippen LogP contribution >= 0.6 is 23.2 Å². The average molecular weight is 557 g/mol. The second kappa shape index (κ2) is 13.9. The lowest BCUT2D eigenvalue weighted by Crippen LogP contribution is -2.48. The van der Waals surface area contributed by atoms with Crippen molar-refractivity contribution in [3.63, 3.8) is 0 Å². The molecular weight excluding hydrogens is 521 g/mol. The Bertz CT molecular complexity index is 1160. The third kappa shape index (κ3) is 8.68. The number of carbonyl (C=O) groups is 2. The smallest absolute Gasteiger partial charge is 0.242 e. The molecule has 0 saturated carbocycles. The molecule has 0 aromatic heterocycles. The molecular formula is C26H35Cl2N3O4S. The Labute approximate surface area is 224 Å². The van der Waals surface area contributed by atoms with Gasteiger partial charge in [-0.05, 0) is 56.0 Å². The molecule has 0 bridgehead atoms. The van der Waals surface area contributed by atoms with Gasteiger partial charge in [0.15, 0.2) is 0 Å². The van der Waals surface area contributed by atoms with E-state index < -0.39 is 16.1 Å². The second-order valence-corrected chi connectivity index (χ2v) is 11.6. The Balaban J connectivity index is 2.19. The summed E-state index contributed by atoms with van der Waals surface area (Å²) in [4.78, 5) is 27.6. The van der Waals surface area contributed by atoms with Gasteiger partial charge in [-0.3, -0.25) is 13.9 Å². The predicted octanol–water partition coefficient (Wildman–Crippen LogP) is 5.18. The minimum atomic E-state index is -3.55. The minimum Gasteiger partial charge on any atom is -0.354 e. The van der Waals surface area contributed by atoms with Gasteiger partial charge in [0.25, 0.3) is 0 Å². The molecule has 0 heterocycles. The van der Waals surface area contributed by atoms with E-state index in [1.165, 1.54) is 9.21 Å². The largest absolute Gasteiger partial charge is 0.354 e. The molecule has 1 atom stereocenters. The molecule has 7 nitrogen and oxygen atoms in total. The summed E-state index contributed by atoms with van der Waals surface area (Å²) >= 11 is 12.4. The van der Waals surface area contributed by atoms with Crippen LogP contribution in [0.2, 0.25) is 10.0 Å². The number of hydrogen-bond donors (Lipinski definition) is 1. The van der Waals surface area contributed by atoms with E-state index in [9.17, 15) is 18.0 Å². The molecule has 0 saturated heterocycles. The van der Waals surface area contributed by atoms with Crippen molar-refractivity contribution in [2.45, 2.75) is 59.0 Å². The van der Waals surface area contributed by atoms with E-state index >= 15 is 0 Å². The average Bonchev–Trinajstić information content (AvgIpc) is 2.81. The van der Waals surface area contributed by atoms with Crippen LogP contribution in [-0.4, -0.2) is 50.5 Å². The van der Waals surface area contributed by atoms with Crippen LogP contribution in [0, 0.1) is 6.92 Å². The number of anilines is 1. The molecule has 0 aliphatic rings. The maximum atomic E-state index is 13.3. The molecule has 0 aliphatic heterocycles. The van der Waals surface area contributed by atoms with Crippen LogP contribution in [-0.2, 0) is 26.2 Å². The summed E-state index contributed by atoms with van der Waals surface area (Å²) in [6.45, 7) is 6.36. The van der Waals surface area contributed by atoms with Crippen molar-refractivity contribution in [3.05, 3.63) is 63.6 Å². The summed E-state index contributed by atoms with van der Waals surface area (Å²) in [5, 5.41) is 3.76. The van der Waals surface area contributed by atoms with Crippen molar-refractivity contribution in [2.24, 2.45) is 0 Å². The topological polar surface area (TPSA) is 86.8 Å². The van der Waals surface area contributed by atoms with E-state index in [0.29, 0.717) is 27.8 Å². The maximum absolute atomic E-state index is 13.3. The number of sulfonamides is 1. The zero-order valence-corrected chi connectivity index (χ0v) is 23.6. The molecule has 198 valence electrons. The fraction of sp³-hybridized carbons (Fsp3) is 0.462. The van der Waals surface area contributed by atoms with Crippen LogP contribution in [0.5, 0.6) is 0 Å². The second-order valence-electron chi connectivity index (χ2n) is 8.80. The van der Waals surface area contributed by atoms with Gasteiger partial charge in [-0.25, -0.2) is 8.42 Å². The van der Waals surface area contributed by atoms with Gasteiger partial charge in [-0.2, -0.15) is 0 Å². The van der Waals surface area contributed by atoms with Crippen LogP contribution < -0.4 is 9.62 Å². The Morgan fingerprint density at radius 2 is 1.78 bits per heavy atom. The quantitative estimate of drug-likeness (QED) is 0.345. The Kier molecular flexibility index (Phi) is 11.5. The Morgan fingerprint density at radius 3 is 2.39 bits per heavy atom. The highest BCUT2D eigenvalue weighted by atomic mass is 35.5. The molecule has 0 unspecified atom stereocenters. The molecule has 0 radical (unpaired) electrons. The Morgan fingerprint density at radius 1 is 1.08 bits per heavy atom. The first-order chi connectivity index (χ1) is 17.0. The first-order valence-electron chi connectivity index (χ1n) is 12.0. The van der Waals surface area contributed by atoms with E-state index in [0.717, 1.165) is 24.7 Å². The van der Waals surface area contributed by atoms with Crippen molar-refractivity contribution in [3.8, 4) is 0 Å². The van der Waals surface area contributed by atoms with Crippen LogP contribution in [0.3, 0.4) is 0 Å². The van der Waals surface area contributed by atoms with Crippen molar-refractivity contribution in [2.75, 3.05) is 23.7 Å². The first-order valence-corrected chi connectivity index (χ1v) is 14.6. The molecule has 2 aromatic carbocycles. The molecule has 0 fully saturated rings. The number of halogens is 2. The van der Waals surface area contributed by atoms with Crippen molar-refractivity contribution in [1.29, 1.82) is 0 Å². The number of hydrogen-bond acceptors (Lipinski definition) is 4.